The van der Waals surface area contributed by atoms with E-state index >= 15 is 0 Å². The highest BCUT2D eigenvalue weighted by Gasteiger charge is 2.13. The lowest BCUT2D eigenvalue weighted by Crippen LogP contribution is -2.38. The van der Waals surface area contributed by atoms with Crippen LogP contribution < -0.4 is 4.74 Å². The lowest BCUT2D eigenvalue weighted by atomic mass is 10.2. The van der Waals surface area contributed by atoms with Crippen molar-refractivity contribution < 1.29 is 14.6 Å². The van der Waals surface area contributed by atoms with Gasteiger partial charge >= 0.3 is 0 Å². The van der Waals surface area contributed by atoms with Crippen LogP contribution in [0.25, 0.3) is 0 Å². The minimum Gasteiger partial charge on any atom is -0.504 e. The molecule has 0 atom stereocenters. The molecular weight excluding hydrogens is 256 g/mol. The van der Waals surface area contributed by atoms with E-state index in [0.29, 0.717) is 18.8 Å². The number of carbonyl (C=O) groups is 1. The van der Waals surface area contributed by atoms with Crippen molar-refractivity contribution in [1.82, 2.24) is 9.80 Å². The fourth-order valence-corrected chi connectivity index (χ4v) is 2.11. The van der Waals surface area contributed by atoms with Crippen LogP contribution in [-0.4, -0.2) is 54.6 Å². The second-order valence-electron chi connectivity index (χ2n) is 4.74. The van der Waals surface area contributed by atoms with E-state index in [1.165, 1.54) is 7.11 Å². The molecule has 0 saturated heterocycles. The van der Waals surface area contributed by atoms with E-state index in [2.05, 4.69) is 0 Å². The van der Waals surface area contributed by atoms with Gasteiger partial charge in [0.05, 0.1) is 13.7 Å². The molecule has 0 aliphatic heterocycles. The summed E-state index contributed by atoms with van der Waals surface area (Å²) in [7, 11) is 3.41. The third-order valence-electron chi connectivity index (χ3n) is 3.22. The van der Waals surface area contributed by atoms with Crippen LogP contribution in [0.2, 0.25) is 0 Å². The van der Waals surface area contributed by atoms with E-state index < -0.39 is 0 Å². The number of phenols is 1. The number of rotatable bonds is 7. The molecule has 1 N–H and O–H groups in total. The summed E-state index contributed by atoms with van der Waals surface area (Å²) in [5.74, 6) is 0.694. The Morgan fingerprint density at radius 2 is 1.95 bits per heavy atom. The standard InChI is InChI=1S/C15H24N2O3/c1-5-17(6-2)15(19)11-16(3)10-12-7-8-14(20-4)13(18)9-12/h7-9,18H,5-6,10-11H2,1-4H3. The molecule has 0 bridgehead atoms. The van der Waals surface area contributed by atoms with Gasteiger partial charge in [0.1, 0.15) is 0 Å². The molecule has 1 aromatic carbocycles. The quantitative estimate of drug-likeness (QED) is 0.826. The lowest BCUT2D eigenvalue weighted by molar-refractivity contribution is -0.131. The zero-order valence-electron chi connectivity index (χ0n) is 12.7. The number of methoxy groups -OCH3 is 1. The number of ether oxygens (including phenoxy) is 1. The first-order valence-electron chi connectivity index (χ1n) is 6.84. The van der Waals surface area contributed by atoms with Gasteiger partial charge in [0.15, 0.2) is 11.5 Å². The number of hydrogen-bond donors (Lipinski definition) is 1. The fraction of sp³-hybridized carbons (Fsp3) is 0.533. The predicted molar refractivity (Wildman–Crippen MR) is 78.9 cm³/mol. The van der Waals surface area contributed by atoms with Gasteiger partial charge in [-0.05, 0) is 38.6 Å². The first kappa shape index (κ1) is 16.3. The van der Waals surface area contributed by atoms with Crippen LogP contribution in [0.3, 0.4) is 0 Å². The Labute approximate surface area is 120 Å². The Balaban J connectivity index is 2.60. The second-order valence-corrected chi connectivity index (χ2v) is 4.74. The molecule has 0 aliphatic carbocycles. The van der Waals surface area contributed by atoms with Crippen molar-refractivity contribution >= 4 is 5.91 Å². The summed E-state index contributed by atoms with van der Waals surface area (Å²) in [6.45, 7) is 6.38. The SMILES string of the molecule is CCN(CC)C(=O)CN(C)Cc1ccc(OC)c(O)c1. The monoisotopic (exact) mass is 280 g/mol. The summed E-state index contributed by atoms with van der Waals surface area (Å²) < 4.78 is 5.01. The van der Waals surface area contributed by atoms with Crippen LogP contribution in [0.1, 0.15) is 19.4 Å². The maximum absolute atomic E-state index is 12.0. The van der Waals surface area contributed by atoms with Gasteiger partial charge in [0.2, 0.25) is 5.91 Å². The van der Waals surface area contributed by atoms with Crippen molar-refractivity contribution in [3.05, 3.63) is 23.8 Å². The number of nitrogens with zero attached hydrogens (tertiary/aromatic N) is 2. The Morgan fingerprint density at radius 1 is 1.30 bits per heavy atom. The summed E-state index contributed by atoms with van der Waals surface area (Å²) >= 11 is 0. The van der Waals surface area contributed by atoms with E-state index in [-0.39, 0.29) is 11.7 Å². The van der Waals surface area contributed by atoms with Crippen molar-refractivity contribution in [3.63, 3.8) is 0 Å². The average molecular weight is 280 g/mol. The van der Waals surface area contributed by atoms with E-state index in [9.17, 15) is 9.90 Å². The van der Waals surface area contributed by atoms with Crippen LogP contribution in [0.5, 0.6) is 11.5 Å². The largest absolute Gasteiger partial charge is 0.504 e. The third kappa shape index (κ3) is 4.42. The van der Waals surface area contributed by atoms with Crippen LogP contribution in [0.15, 0.2) is 18.2 Å². The summed E-state index contributed by atoms with van der Waals surface area (Å²) in [5.41, 5.74) is 0.943. The maximum Gasteiger partial charge on any atom is 0.236 e. The smallest absolute Gasteiger partial charge is 0.236 e. The van der Waals surface area contributed by atoms with Crippen LogP contribution in [0, 0.1) is 0 Å². The Bertz CT molecular complexity index is 445. The molecule has 112 valence electrons. The highest BCUT2D eigenvalue weighted by Crippen LogP contribution is 2.26. The van der Waals surface area contributed by atoms with Gasteiger partial charge in [-0.25, -0.2) is 0 Å². The van der Waals surface area contributed by atoms with Gasteiger partial charge in [-0.3, -0.25) is 9.69 Å². The van der Waals surface area contributed by atoms with E-state index in [1.54, 1.807) is 12.1 Å². The predicted octanol–water partition coefficient (Wildman–Crippen LogP) is 1.70. The molecule has 0 unspecified atom stereocenters. The summed E-state index contributed by atoms with van der Waals surface area (Å²) in [6.07, 6.45) is 0. The Morgan fingerprint density at radius 3 is 2.45 bits per heavy atom. The highest BCUT2D eigenvalue weighted by molar-refractivity contribution is 5.78. The van der Waals surface area contributed by atoms with E-state index in [1.807, 2.05) is 36.8 Å². The van der Waals surface area contributed by atoms with Gasteiger partial charge < -0.3 is 14.7 Å². The minimum atomic E-state index is 0.119. The molecule has 0 aliphatic rings. The fourth-order valence-electron chi connectivity index (χ4n) is 2.11. The zero-order chi connectivity index (χ0) is 15.1. The lowest BCUT2D eigenvalue weighted by Gasteiger charge is -2.23. The molecule has 1 aromatic rings. The van der Waals surface area contributed by atoms with Crippen molar-refractivity contribution in [1.29, 1.82) is 0 Å². The number of aromatic hydroxyl groups is 1. The molecule has 20 heavy (non-hydrogen) atoms. The summed E-state index contributed by atoms with van der Waals surface area (Å²) in [4.78, 5) is 15.7. The molecule has 0 heterocycles. The van der Waals surface area contributed by atoms with Crippen LogP contribution in [-0.2, 0) is 11.3 Å². The van der Waals surface area contributed by atoms with E-state index in [4.69, 9.17) is 4.74 Å². The molecule has 0 fully saturated rings. The summed E-state index contributed by atoms with van der Waals surface area (Å²) in [6, 6.07) is 5.28. The number of carbonyl (C=O) groups excluding carboxylic acids is 1. The first-order chi connectivity index (χ1) is 9.51. The number of benzene rings is 1. The Hall–Kier alpha value is -1.75. The molecule has 0 radical (unpaired) electrons. The van der Waals surface area contributed by atoms with Gasteiger partial charge in [0.25, 0.3) is 0 Å². The third-order valence-corrected chi connectivity index (χ3v) is 3.22. The van der Waals surface area contributed by atoms with Gasteiger partial charge in [-0.1, -0.05) is 6.07 Å². The molecule has 1 amide bonds. The number of hydrogen-bond acceptors (Lipinski definition) is 4. The van der Waals surface area contributed by atoms with Crippen molar-refractivity contribution in [2.45, 2.75) is 20.4 Å². The molecule has 0 aromatic heterocycles. The highest BCUT2D eigenvalue weighted by atomic mass is 16.5. The van der Waals surface area contributed by atoms with Crippen LogP contribution >= 0.6 is 0 Å². The minimum absolute atomic E-state index is 0.119. The van der Waals surface area contributed by atoms with Crippen molar-refractivity contribution in [3.8, 4) is 11.5 Å². The topological polar surface area (TPSA) is 53.0 Å². The Kier molecular flexibility index (Phi) is 6.31. The molecule has 0 saturated carbocycles. The molecular formula is C15H24N2O3. The second kappa shape index (κ2) is 7.75. The summed E-state index contributed by atoms with van der Waals surface area (Å²) in [5, 5.41) is 9.73. The normalized spacial score (nSPS) is 10.7. The maximum atomic E-state index is 12.0. The molecule has 5 nitrogen and oxygen atoms in total. The van der Waals surface area contributed by atoms with Gasteiger partial charge in [-0.2, -0.15) is 0 Å². The number of amides is 1. The zero-order valence-corrected chi connectivity index (χ0v) is 12.7. The van der Waals surface area contributed by atoms with E-state index in [0.717, 1.165) is 18.7 Å². The van der Waals surface area contributed by atoms with Crippen molar-refractivity contribution in [2.24, 2.45) is 0 Å². The number of phenolic OH excluding ortho intramolecular Hbond substituents is 1. The van der Waals surface area contributed by atoms with Crippen LogP contribution in [0.4, 0.5) is 0 Å². The molecule has 0 spiro atoms. The average Bonchev–Trinajstić information content (AvgIpc) is 2.40. The first-order valence-corrected chi connectivity index (χ1v) is 6.84. The molecule has 1 rings (SSSR count). The molecule has 5 heteroatoms. The van der Waals surface area contributed by atoms with Gasteiger partial charge in [-0.15, -0.1) is 0 Å². The van der Waals surface area contributed by atoms with Crippen molar-refractivity contribution in [2.75, 3.05) is 33.8 Å². The number of likely N-dealkylation sites (N-methyl/N-ethyl adjacent to an activating group) is 2. The van der Waals surface area contributed by atoms with Gasteiger partial charge in [0, 0.05) is 19.6 Å².